The molecule has 1 amide bonds. The lowest BCUT2D eigenvalue weighted by Crippen LogP contribution is -2.43. The Morgan fingerprint density at radius 1 is 1.48 bits per heavy atom. The molecule has 0 bridgehead atoms. The summed E-state index contributed by atoms with van der Waals surface area (Å²) in [7, 11) is 1.66. The van der Waals surface area contributed by atoms with Crippen molar-refractivity contribution in [1.82, 2.24) is 15.5 Å². The molecule has 23 heavy (non-hydrogen) atoms. The van der Waals surface area contributed by atoms with Crippen molar-refractivity contribution < 1.29 is 9.53 Å². The second-order valence-corrected chi connectivity index (χ2v) is 7.20. The van der Waals surface area contributed by atoms with E-state index >= 15 is 0 Å². The molecule has 130 valence electrons. The number of hydrogen-bond donors (Lipinski definition) is 2. The van der Waals surface area contributed by atoms with E-state index in [4.69, 9.17) is 4.74 Å². The molecule has 5 nitrogen and oxygen atoms in total. The SMILES string of the molecule is COCCNCC(=O)NCC(c1cccs1)N1CCC(C)CC1. The topological polar surface area (TPSA) is 53.6 Å². The zero-order chi connectivity index (χ0) is 16.5. The molecule has 1 atom stereocenters. The zero-order valence-corrected chi connectivity index (χ0v) is 15.0. The second-order valence-electron chi connectivity index (χ2n) is 6.22. The smallest absolute Gasteiger partial charge is 0.234 e. The number of carbonyl (C=O) groups excluding carboxylic acids is 1. The summed E-state index contributed by atoms with van der Waals surface area (Å²) in [6.45, 7) is 6.90. The summed E-state index contributed by atoms with van der Waals surface area (Å²) in [5.74, 6) is 0.864. The molecule has 1 aliphatic heterocycles. The van der Waals surface area contributed by atoms with E-state index in [9.17, 15) is 4.79 Å². The number of amides is 1. The highest BCUT2D eigenvalue weighted by atomic mass is 32.1. The molecule has 2 rings (SSSR count). The third kappa shape index (κ3) is 6.22. The Labute approximate surface area is 143 Å². The van der Waals surface area contributed by atoms with Crippen molar-refractivity contribution in [2.75, 3.05) is 46.4 Å². The van der Waals surface area contributed by atoms with Crippen molar-refractivity contribution in [3.05, 3.63) is 22.4 Å². The van der Waals surface area contributed by atoms with Crippen molar-refractivity contribution >= 4 is 17.2 Å². The highest BCUT2D eigenvalue weighted by molar-refractivity contribution is 7.10. The van der Waals surface area contributed by atoms with Gasteiger partial charge in [0.25, 0.3) is 0 Å². The number of thiophene rings is 1. The Balaban J connectivity index is 1.82. The molecule has 0 radical (unpaired) electrons. The van der Waals surface area contributed by atoms with Crippen molar-refractivity contribution in [1.29, 1.82) is 0 Å². The van der Waals surface area contributed by atoms with E-state index in [1.165, 1.54) is 17.7 Å². The number of nitrogens with zero attached hydrogens (tertiary/aromatic N) is 1. The van der Waals surface area contributed by atoms with E-state index < -0.39 is 0 Å². The van der Waals surface area contributed by atoms with Gasteiger partial charge in [-0.2, -0.15) is 0 Å². The Bertz CT molecular complexity index is 445. The van der Waals surface area contributed by atoms with Crippen LogP contribution in [0.3, 0.4) is 0 Å². The van der Waals surface area contributed by atoms with Crippen LogP contribution in [0.1, 0.15) is 30.7 Å². The second kappa shape index (κ2) is 10.0. The largest absolute Gasteiger partial charge is 0.383 e. The highest BCUT2D eigenvalue weighted by Crippen LogP contribution is 2.28. The minimum atomic E-state index is 0.0491. The van der Waals surface area contributed by atoms with Crippen LogP contribution < -0.4 is 10.6 Å². The first-order valence-electron chi connectivity index (χ1n) is 8.44. The number of hydrogen-bond acceptors (Lipinski definition) is 5. The van der Waals surface area contributed by atoms with Crippen LogP contribution in [0.2, 0.25) is 0 Å². The lowest BCUT2D eigenvalue weighted by molar-refractivity contribution is -0.120. The summed E-state index contributed by atoms with van der Waals surface area (Å²) in [6.07, 6.45) is 2.49. The lowest BCUT2D eigenvalue weighted by atomic mass is 9.97. The first kappa shape index (κ1) is 18.4. The summed E-state index contributed by atoms with van der Waals surface area (Å²) < 4.78 is 4.96. The fraction of sp³-hybridized carbons (Fsp3) is 0.706. The van der Waals surface area contributed by atoms with E-state index in [1.54, 1.807) is 18.4 Å². The average molecular weight is 340 g/mol. The molecule has 1 unspecified atom stereocenters. The van der Waals surface area contributed by atoms with E-state index in [2.05, 4.69) is 40.0 Å². The molecule has 6 heteroatoms. The number of nitrogens with one attached hydrogen (secondary N) is 2. The summed E-state index contributed by atoms with van der Waals surface area (Å²) in [5, 5.41) is 8.28. The van der Waals surface area contributed by atoms with E-state index in [0.29, 0.717) is 32.3 Å². The molecule has 2 heterocycles. The van der Waals surface area contributed by atoms with E-state index in [-0.39, 0.29) is 5.91 Å². The van der Waals surface area contributed by atoms with Gasteiger partial charge >= 0.3 is 0 Å². The first-order chi connectivity index (χ1) is 11.2. The van der Waals surface area contributed by atoms with Crippen LogP contribution in [-0.2, 0) is 9.53 Å². The van der Waals surface area contributed by atoms with Crippen LogP contribution in [0.5, 0.6) is 0 Å². The van der Waals surface area contributed by atoms with Gasteiger partial charge in [-0.05, 0) is 43.3 Å². The maximum atomic E-state index is 12.0. The van der Waals surface area contributed by atoms with Crippen molar-refractivity contribution in [2.24, 2.45) is 5.92 Å². The first-order valence-corrected chi connectivity index (χ1v) is 9.32. The van der Waals surface area contributed by atoms with Gasteiger partial charge in [0.1, 0.15) is 0 Å². The molecule has 1 aromatic rings. The third-order valence-electron chi connectivity index (χ3n) is 4.39. The number of ether oxygens (including phenoxy) is 1. The van der Waals surface area contributed by atoms with Gasteiger partial charge in [0, 0.05) is 25.1 Å². The molecule has 2 N–H and O–H groups in total. The zero-order valence-electron chi connectivity index (χ0n) is 14.2. The van der Waals surface area contributed by atoms with Crippen LogP contribution >= 0.6 is 11.3 Å². The molecule has 0 aliphatic carbocycles. The standard InChI is InChI=1S/C17H29N3O2S/c1-14-5-8-20(9-6-14)15(16-4-3-11-23-16)12-19-17(21)13-18-7-10-22-2/h3-4,11,14-15,18H,5-10,12-13H2,1-2H3,(H,19,21). The number of likely N-dealkylation sites (tertiary alicyclic amines) is 1. The van der Waals surface area contributed by atoms with Gasteiger partial charge in [-0.15, -0.1) is 11.3 Å². The predicted molar refractivity (Wildman–Crippen MR) is 94.8 cm³/mol. The van der Waals surface area contributed by atoms with Gasteiger partial charge in [-0.1, -0.05) is 13.0 Å². The number of piperidine rings is 1. The number of carbonyl (C=O) groups is 1. The van der Waals surface area contributed by atoms with E-state index in [0.717, 1.165) is 19.0 Å². The molecular formula is C17H29N3O2S. The number of methoxy groups -OCH3 is 1. The molecule has 0 spiro atoms. The summed E-state index contributed by atoms with van der Waals surface area (Å²) in [5.41, 5.74) is 0. The molecule has 0 aromatic carbocycles. The Morgan fingerprint density at radius 3 is 2.91 bits per heavy atom. The lowest BCUT2D eigenvalue weighted by Gasteiger charge is -2.36. The van der Waals surface area contributed by atoms with Gasteiger partial charge in [0.15, 0.2) is 0 Å². The maximum Gasteiger partial charge on any atom is 0.234 e. The maximum absolute atomic E-state index is 12.0. The molecule has 1 fully saturated rings. The summed E-state index contributed by atoms with van der Waals surface area (Å²) in [4.78, 5) is 15.8. The predicted octanol–water partition coefficient (Wildman–Crippen LogP) is 1.87. The highest BCUT2D eigenvalue weighted by Gasteiger charge is 2.25. The van der Waals surface area contributed by atoms with Gasteiger partial charge in [-0.25, -0.2) is 0 Å². The molecule has 1 aliphatic rings. The molecule has 1 saturated heterocycles. The van der Waals surface area contributed by atoms with Crippen molar-refractivity contribution in [2.45, 2.75) is 25.8 Å². The Kier molecular flexibility index (Phi) is 8.02. The van der Waals surface area contributed by atoms with Crippen molar-refractivity contribution in [3.8, 4) is 0 Å². The minimum Gasteiger partial charge on any atom is -0.383 e. The number of rotatable bonds is 9. The summed E-state index contributed by atoms with van der Waals surface area (Å²) in [6, 6.07) is 4.56. The van der Waals surface area contributed by atoms with Crippen LogP contribution in [0.15, 0.2) is 17.5 Å². The normalized spacial score (nSPS) is 18.0. The van der Waals surface area contributed by atoms with Crippen LogP contribution in [-0.4, -0.2) is 57.2 Å². The van der Waals surface area contributed by atoms with Gasteiger partial charge < -0.3 is 15.4 Å². The van der Waals surface area contributed by atoms with Gasteiger partial charge in [-0.3, -0.25) is 9.69 Å². The van der Waals surface area contributed by atoms with Crippen LogP contribution in [0.25, 0.3) is 0 Å². The Hall–Kier alpha value is -0.950. The fourth-order valence-corrected chi connectivity index (χ4v) is 3.74. The van der Waals surface area contributed by atoms with Crippen molar-refractivity contribution in [3.63, 3.8) is 0 Å². The summed E-state index contributed by atoms with van der Waals surface area (Å²) >= 11 is 1.78. The third-order valence-corrected chi connectivity index (χ3v) is 5.37. The molecule has 1 aromatic heterocycles. The average Bonchev–Trinajstić information content (AvgIpc) is 3.08. The molecule has 0 saturated carbocycles. The fourth-order valence-electron chi connectivity index (χ4n) is 2.88. The van der Waals surface area contributed by atoms with Crippen LogP contribution in [0.4, 0.5) is 0 Å². The Morgan fingerprint density at radius 2 is 2.26 bits per heavy atom. The van der Waals surface area contributed by atoms with Gasteiger partial charge in [0.2, 0.25) is 5.91 Å². The monoisotopic (exact) mass is 339 g/mol. The minimum absolute atomic E-state index is 0.0491. The van der Waals surface area contributed by atoms with Crippen LogP contribution in [0, 0.1) is 5.92 Å². The quantitative estimate of drug-likeness (QED) is 0.675. The van der Waals surface area contributed by atoms with E-state index in [1.807, 2.05) is 0 Å². The van der Waals surface area contributed by atoms with Gasteiger partial charge in [0.05, 0.1) is 19.2 Å². The molecular weight excluding hydrogens is 310 g/mol.